The Morgan fingerprint density at radius 3 is 1.23 bits per heavy atom. The van der Waals surface area contributed by atoms with Crippen LogP contribution >= 0.6 is 15.8 Å². The van der Waals surface area contributed by atoms with Crippen molar-refractivity contribution < 1.29 is 43.4 Å². The number of rotatable bonds is 5. The topological polar surface area (TPSA) is 0 Å². The van der Waals surface area contributed by atoms with Crippen molar-refractivity contribution in [2.45, 2.75) is 134 Å². The SMILES string of the molecule is C1CCCC1.CC(C1CCCC1P(c1ccc(C(F)(F)F)cc1)c1ccc(C(F)(F)F)cc1)P(C(C)(C)C)C(C)(C)C.[Fe]. The minimum Gasteiger partial charge on any atom is -0.166 e. The fraction of sp³-hybridized carbons (Fsp3) is 0.647. The van der Waals surface area contributed by atoms with Gasteiger partial charge in [0.2, 0.25) is 0 Å². The van der Waals surface area contributed by atoms with Crippen molar-refractivity contribution >= 4 is 26.5 Å². The van der Waals surface area contributed by atoms with Gasteiger partial charge in [-0.3, -0.25) is 0 Å². The van der Waals surface area contributed by atoms with Crippen LogP contribution in [0.5, 0.6) is 0 Å². The molecule has 0 nitrogen and oxygen atoms in total. The molecule has 0 bridgehead atoms. The summed E-state index contributed by atoms with van der Waals surface area (Å²) in [5, 5.41) is 1.82. The summed E-state index contributed by atoms with van der Waals surface area (Å²) in [7, 11) is -1.57. The molecule has 3 unspecified atom stereocenters. The van der Waals surface area contributed by atoms with E-state index in [0.29, 0.717) is 11.6 Å². The van der Waals surface area contributed by atoms with E-state index in [-0.39, 0.29) is 33.0 Å². The number of alkyl halides is 6. The van der Waals surface area contributed by atoms with Gasteiger partial charge in [-0.15, -0.1) is 0 Å². The van der Waals surface area contributed by atoms with Crippen LogP contribution in [0.2, 0.25) is 0 Å². The van der Waals surface area contributed by atoms with Crippen molar-refractivity contribution in [2.75, 3.05) is 0 Å². The predicted molar refractivity (Wildman–Crippen MR) is 169 cm³/mol. The van der Waals surface area contributed by atoms with Crippen LogP contribution in [-0.2, 0) is 29.4 Å². The molecule has 2 fully saturated rings. The van der Waals surface area contributed by atoms with Crippen LogP contribution in [0.3, 0.4) is 0 Å². The molecule has 0 amide bonds. The van der Waals surface area contributed by atoms with E-state index in [9.17, 15) is 26.3 Å². The zero-order valence-corrected chi connectivity index (χ0v) is 29.4. The Balaban J connectivity index is 0.000000973. The fourth-order valence-electron chi connectivity index (χ4n) is 7.31. The van der Waals surface area contributed by atoms with Crippen LogP contribution in [0.1, 0.15) is 111 Å². The second-order valence-electron chi connectivity index (χ2n) is 13.8. The van der Waals surface area contributed by atoms with Gasteiger partial charge in [-0.1, -0.05) is 119 Å². The average Bonchev–Trinajstić information content (AvgIpc) is 3.58. The Morgan fingerprint density at radius 2 is 0.930 bits per heavy atom. The maximum atomic E-state index is 13.3. The van der Waals surface area contributed by atoms with Crippen LogP contribution in [-0.4, -0.2) is 21.6 Å². The van der Waals surface area contributed by atoms with E-state index in [4.69, 9.17) is 0 Å². The van der Waals surface area contributed by atoms with Crippen LogP contribution in [0, 0.1) is 5.92 Å². The van der Waals surface area contributed by atoms with Crippen LogP contribution < -0.4 is 10.6 Å². The van der Waals surface area contributed by atoms with Crippen LogP contribution in [0.4, 0.5) is 26.3 Å². The van der Waals surface area contributed by atoms with Gasteiger partial charge in [0.1, 0.15) is 0 Å². The van der Waals surface area contributed by atoms with Gasteiger partial charge in [0.25, 0.3) is 0 Å². The number of benzene rings is 2. The Labute approximate surface area is 268 Å². The van der Waals surface area contributed by atoms with E-state index < -0.39 is 39.3 Å². The van der Waals surface area contributed by atoms with E-state index >= 15 is 0 Å². The summed E-state index contributed by atoms with van der Waals surface area (Å²) in [6.45, 7) is 16.1. The van der Waals surface area contributed by atoms with Crippen LogP contribution in [0.25, 0.3) is 0 Å². The molecular formula is C34H48F6FeP2. The third-order valence-corrected chi connectivity index (χ3v) is 15.6. The van der Waals surface area contributed by atoms with Gasteiger partial charge >= 0.3 is 12.4 Å². The Kier molecular flexibility index (Phi) is 13.8. The van der Waals surface area contributed by atoms with Gasteiger partial charge in [-0.25, -0.2) is 0 Å². The van der Waals surface area contributed by atoms with Crippen molar-refractivity contribution in [1.82, 2.24) is 0 Å². The van der Waals surface area contributed by atoms with E-state index in [1.54, 1.807) is 24.3 Å². The molecule has 0 heterocycles. The molecule has 9 heteroatoms. The van der Waals surface area contributed by atoms with Crippen molar-refractivity contribution in [3.63, 3.8) is 0 Å². The molecular weight excluding hydrogens is 640 g/mol. The van der Waals surface area contributed by atoms with Gasteiger partial charge in [0.15, 0.2) is 0 Å². The minimum absolute atomic E-state index is 0. The Bertz CT molecular complexity index is 1030. The second-order valence-corrected chi connectivity index (χ2v) is 20.5. The first-order valence-electron chi connectivity index (χ1n) is 15.2. The first-order valence-corrected chi connectivity index (χ1v) is 18.1. The molecule has 2 aromatic carbocycles. The van der Waals surface area contributed by atoms with Gasteiger partial charge in [0.05, 0.1) is 11.1 Å². The summed E-state index contributed by atoms with van der Waals surface area (Å²) in [6, 6.07) is 10.6. The Morgan fingerprint density at radius 1 is 0.581 bits per heavy atom. The smallest absolute Gasteiger partial charge is 0.166 e. The van der Waals surface area contributed by atoms with E-state index in [2.05, 4.69) is 48.5 Å². The summed E-state index contributed by atoms with van der Waals surface area (Å²) >= 11 is 0. The molecule has 0 spiro atoms. The zero-order valence-electron chi connectivity index (χ0n) is 26.5. The molecule has 2 aromatic rings. The average molecular weight is 689 g/mol. The summed E-state index contributed by atoms with van der Waals surface area (Å²) in [6.07, 6.45) is 1.62. The molecule has 4 rings (SSSR count). The number of halogens is 6. The summed E-state index contributed by atoms with van der Waals surface area (Å²) < 4.78 is 79.7. The molecule has 0 saturated heterocycles. The molecule has 0 aliphatic heterocycles. The Hall–Kier alpha value is -0.601. The van der Waals surface area contributed by atoms with Gasteiger partial charge in [-0.2, -0.15) is 26.3 Å². The standard InChI is InChI=1S/C29H38F6P2.C5H10.Fe/c1-19(37(26(2,3)4)27(5,6)7)24-9-8-10-25(24)36(22-15-11-20(12-16-22)28(30,31)32)23-17-13-21(14-18-23)29(33,34)35;1-2-4-5-3-1;/h11-19,24-25H,8-10H2,1-7H3;1-5H2;. The molecule has 3 atom stereocenters. The quantitative estimate of drug-likeness (QED) is 0.167. The maximum absolute atomic E-state index is 13.3. The van der Waals surface area contributed by atoms with Gasteiger partial charge in [0, 0.05) is 17.1 Å². The maximum Gasteiger partial charge on any atom is 0.416 e. The molecule has 43 heavy (non-hydrogen) atoms. The molecule has 2 aliphatic rings. The first kappa shape index (κ1) is 38.6. The van der Waals surface area contributed by atoms with E-state index in [0.717, 1.165) is 54.1 Å². The van der Waals surface area contributed by atoms with Crippen molar-refractivity contribution in [1.29, 1.82) is 0 Å². The normalized spacial score (nSPS) is 20.5. The number of hydrogen-bond donors (Lipinski definition) is 0. The largest absolute Gasteiger partial charge is 0.416 e. The molecule has 0 N–H and O–H groups in total. The molecule has 2 saturated carbocycles. The zero-order chi connectivity index (χ0) is 31.5. The monoisotopic (exact) mass is 688 g/mol. The number of hydrogen-bond acceptors (Lipinski definition) is 0. The predicted octanol–water partition coefficient (Wildman–Crippen LogP) is 11.7. The summed E-state index contributed by atoms with van der Waals surface area (Å²) in [5.74, 6) is 0.361. The molecule has 244 valence electrons. The van der Waals surface area contributed by atoms with Crippen molar-refractivity contribution in [2.24, 2.45) is 5.92 Å². The fourth-order valence-corrected chi connectivity index (χ4v) is 15.9. The second kappa shape index (κ2) is 15.3. The van der Waals surface area contributed by atoms with Gasteiger partial charge in [-0.05, 0) is 83.2 Å². The van der Waals surface area contributed by atoms with Crippen molar-refractivity contribution in [3.8, 4) is 0 Å². The van der Waals surface area contributed by atoms with Gasteiger partial charge < -0.3 is 0 Å². The van der Waals surface area contributed by atoms with E-state index in [1.165, 1.54) is 32.1 Å². The summed E-state index contributed by atoms with van der Waals surface area (Å²) in [4.78, 5) is 0. The summed E-state index contributed by atoms with van der Waals surface area (Å²) in [5.41, 5.74) is -0.803. The third-order valence-electron chi connectivity index (χ3n) is 8.53. The third kappa shape index (κ3) is 10.5. The molecule has 2 aliphatic carbocycles. The first-order chi connectivity index (χ1) is 19.3. The molecule has 0 radical (unpaired) electrons. The minimum atomic E-state index is -4.44. The van der Waals surface area contributed by atoms with Crippen LogP contribution in [0.15, 0.2) is 48.5 Å². The molecule has 0 aromatic heterocycles. The van der Waals surface area contributed by atoms with E-state index in [1.807, 2.05) is 0 Å². The van der Waals surface area contributed by atoms with Crippen molar-refractivity contribution in [3.05, 3.63) is 59.7 Å².